The molecular weight excluding hydrogens is 296 g/mol. The highest BCUT2D eigenvalue weighted by Crippen LogP contribution is 2.62. The fourth-order valence-corrected chi connectivity index (χ4v) is 2.61. The van der Waals surface area contributed by atoms with E-state index in [0.717, 1.165) is 12.2 Å². The van der Waals surface area contributed by atoms with Crippen molar-refractivity contribution in [2.75, 3.05) is 7.11 Å². The molecule has 0 N–H and O–H groups in total. The van der Waals surface area contributed by atoms with Crippen molar-refractivity contribution in [3.05, 3.63) is 29.8 Å². The van der Waals surface area contributed by atoms with Crippen LogP contribution in [0, 0.1) is 0 Å². The summed E-state index contributed by atoms with van der Waals surface area (Å²) in [6.45, 7) is 0. The van der Waals surface area contributed by atoms with Gasteiger partial charge in [-0.15, -0.1) is 0 Å². The number of hydrogen-bond donors (Lipinski definition) is 0. The van der Waals surface area contributed by atoms with Crippen LogP contribution in [0.3, 0.4) is 0 Å². The maximum atomic E-state index is 5.17. The lowest BCUT2D eigenvalue weighted by Crippen LogP contribution is -1.89. The molecule has 3 heteroatoms. The molecule has 1 saturated carbocycles. The van der Waals surface area contributed by atoms with E-state index in [-0.39, 0.29) is 3.23 Å². The van der Waals surface area contributed by atoms with Gasteiger partial charge in [-0.25, -0.2) is 0 Å². The minimum absolute atomic E-state index is 0.131. The van der Waals surface area contributed by atoms with Crippen LogP contribution in [0.5, 0.6) is 5.75 Å². The van der Waals surface area contributed by atoms with Gasteiger partial charge in [0.2, 0.25) is 0 Å². The highest BCUT2D eigenvalue weighted by molar-refractivity contribution is 9.25. The monoisotopic (exact) mass is 304 g/mol. The van der Waals surface area contributed by atoms with E-state index in [1.807, 2.05) is 12.1 Å². The van der Waals surface area contributed by atoms with Crippen molar-refractivity contribution in [2.24, 2.45) is 0 Å². The van der Waals surface area contributed by atoms with Crippen molar-refractivity contribution in [3.8, 4) is 5.75 Å². The predicted molar refractivity (Wildman–Crippen MR) is 60.9 cm³/mol. The average molecular weight is 306 g/mol. The maximum Gasteiger partial charge on any atom is 0.119 e. The molecule has 0 aliphatic heterocycles. The first-order valence-electron chi connectivity index (χ1n) is 4.15. The van der Waals surface area contributed by atoms with E-state index in [9.17, 15) is 0 Å². The molecule has 0 radical (unpaired) electrons. The average Bonchev–Trinajstić information content (AvgIpc) is 2.76. The molecule has 0 aromatic heterocycles. The summed E-state index contributed by atoms with van der Waals surface area (Å²) in [4.78, 5) is 0. The van der Waals surface area contributed by atoms with E-state index >= 15 is 0 Å². The fraction of sp³-hybridized carbons (Fsp3) is 0.400. The fourth-order valence-electron chi connectivity index (χ4n) is 1.43. The summed E-state index contributed by atoms with van der Waals surface area (Å²) in [6.07, 6.45) is 1.14. The molecule has 1 atom stereocenters. The largest absolute Gasteiger partial charge is 0.497 e. The highest BCUT2D eigenvalue weighted by Gasteiger charge is 2.51. The van der Waals surface area contributed by atoms with E-state index < -0.39 is 0 Å². The van der Waals surface area contributed by atoms with E-state index in [0.29, 0.717) is 5.92 Å². The predicted octanol–water partition coefficient (Wildman–Crippen LogP) is 3.67. The van der Waals surface area contributed by atoms with Gasteiger partial charge < -0.3 is 4.74 Å². The Balaban J connectivity index is 2.23. The number of rotatable bonds is 2. The summed E-state index contributed by atoms with van der Waals surface area (Å²) in [7, 11) is 1.70. The minimum atomic E-state index is 0.131. The lowest BCUT2D eigenvalue weighted by Gasteiger charge is -2.04. The molecule has 1 aromatic carbocycles. The Bertz CT molecular complexity index is 322. The molecule has 1 aliphatic carbocycles. The highest BCUT2D eigenvalue weighted by atomic mass is 79.9. The molecule has 0 spiro atoms. The van der Waals surface area contributed by atoms with Crippen LogP contribution in [0.1, 0.15) is 17.9 Å². The topological polar surface area (TPSA) is 9.23 Å². The van der Waals surface area contributed by atoms with Crippen LogP contribution in [-0.2, 0) is 0 Å². The molecule has 0 bridgehead atoms. The number of halogens is 2. The lowest BCUT2D eigenvalue weighted by molar-refractivity contribution is 0.414. The number of alkyl halides is 2. The molecule has 1 unspecified atom stereocenters. The Morgan fingerprint density at radius 3 is 2.69 bits per heavy atom. The second kappa shape index (κ2) is 3.28. The first-order valence-corrected chi connectivity index (χ1v) is 5.74. The summed E-state index contributed by atoms with van der Waals surface area (Å²) in [5.41, 5.74) is 1.33. The van der Waals surface area contributed by atoms with Crippen LogP contribution >= 0.6 is 31.9 Å². The van der Waals surface area contributed by atoms with E-state index in [1.165, 1.54) is 5.56 Å². The molecule has 0 saturated heterocycles. The van der Waals surface area contributed by atoms with Crippen LogP contribution < -0.4 is 4.74 Å². The Morgan fingerprint density at radius 1 is 1.46 bits per heavy atom. The van der Waals surface area contributed by atoms with Crippen LogP contribution in [0.25, 0.3) is 0 Å². The maximum absolute atomic E-state index is 5.17. The first kappa shape index (κ1) is 9.53. The van der Waals surface area contributed by atoms with Gasteiger partial charge in [-0.05, 0) is 24.1 Å². The molecule has 2 rings (SSSR count). The third kappa shape index (κ3) is 1.91. The summed E-state index contributed by atoms with van der Waals surface area (Å²) >= 11 is 7.22. The van der Waals surface area contributed by atoms with Crippen molar-refractivity contribution in [1.29, 1.82) is 0 Å². The summed E-state index contributed by atoms with van der Waals surface area (Å²) in [5, 5.41) is 0. The quantitative estimate of drug-likeness (QED) is 0.758. The first-order chi connectivity index (χ1) is 6.13. The second-order valence-electron chi connectivity index (χ2n) is 3.29. The van der Waals surface area contributed by atoms with Gasteiger partial charge in [-0.3, -0.25) is 0 Å². The molecule has 1 aromatic rings. The normalized spacial score (nSPS) is 24.1. The lowest BCUT2D eigenvalue weighted by atomic mass is 10.1. The molecule has 0 amide bonds. The molecule has 13 heavy (non-hydrogen) atoms. The standard InChI is InChI=1S/C10H10Br2O/c1-13-8-4-2-3-7(5-8)9-6-10(9,11)12/h2-5,9H,6H2,1H3. The van der Waals surface area contributed by atoms with Gasteiger partial charge >= 0.3 is 0 Å². The van der Waals surface area contributed by atoms with Crippen LogP contribution in [0.2, 0.25) is 0 Å². The van der Waals surface area contributed by atoms with E-state index in [4.69, 9.17) is 4.74 Å². The van der Waals surface area contributed by atoms with Crippen LogP contribution in [0.4, 0.5) is 0 Å². The second-order valence-corrected chi connectivity index (χ2v) is 7.19. The SMILES string of the molecule is COc1cccc(C2CC2(Br)Br)c1. The van der Waals surface area contributed by atoms with Crippen molar-refractivity contribution in [3.63, 3.8) is 0 Å². The number of hydrogen-bond acceptors (Lipinski definition) is 1. The van der Waals surface area contributed by atoms with Crippen LogP contribution in [0.15, 0.2) is 24.3 Å². The van der Waals surface area contributed by atoms with Gasteiger partial charge in [0.15, 0.2) is 0 Å². The van der Waals surface area contributed by atoms with Crippen molar-refractivity contribution in [2.45, 2.75) is 15.6 Å². The smallest absolute Gasteiger partial charge is 0.119 e. The Hall–Kier alpha value is -0.0200. The van der Waals surface area contributed by atoms with Crippen molar-refractivity contribution >= 4 is 31.9 Å². The van der Waals surface area contributed by atoms with Gasteiger partial charge in [0, 0.05) is 5.92 Å². The zero-order valence-electron chi connectivity index (χ0n) is 7.26. The third-order valence-electron chi connectivity index (χ3n) is 2.32. The number of methoxy groups -OCH3 is 1. The van der Waals surface area contributed by atoms with Crippen molar-refractivity contribution < 1.29 is 4.74 Å². The van der Waals surface area contributed by atoms with Gasteiger partial charge in [0.1, 0.15) is 5.75 Å². The van der Waals surface area contributed by atoms with Gasteiger partial charge in [-0.2, -0.15) is 0 Å². The Kier molecular flexibility index (Phi) is 2.41. The zero-order chi connectivity index (χ0) is 9.47. The zero-order valence-corrected chi connectivity index (χ0v) is 10.4. The molecule has 1 nitrogen and oxygen atoms in total. The summed E-state index contributed by atoms with van der Waals surface area (Å²) < 4.78 is 5.30. The van der Waals surface area contributed by atoms with Gasteiger partial charge in [-0.1, -0.05) is 44.0 Å². The summed E-state index contributed by atoms with van der Waals surface area (Å²) in [5.74, 6) is 1.50. The molecule has 70 valence electrons. The third-order valence-corrected chi connectivity index (χ3v) is 4.07. The van der Waals surface area contributed by atoms with Gasteiger partial charge in [0.05, 0.1) is 10.3 Å². The van der Waals surface area contributed by atoms with Crippen molar-refractivity contribution in [1.82, 2.24) is 0 Å². The Labute approximate surface area is 94.7 Å². The molecular formula is C10H10Br2O. The molecule has 1 fully saturated rings. The van der Waals surface area contributed by atoms with Gasteiger partial charge in [0.25, 0.3) is 0 Å². The minimum Gasteiger partial charge on any atom is -0.497 e. The van der Waals surface area contributed by atoms with E-state index in [1.54, 1.807) is 7.11 Å². The van der Waals surface area contributed by atoms with Crippen LogP contribution in [-0.4, -0.2) is 10.3 Å². The number of ether oxygens (including phenoxy) is 1. The Morgan fingerprint density at radius 2 is 2.15 bits per heavy atom. The molecule has 1 aliphatic rings. The summed E-state index contributed by atoms with van der Waals surface area (Å²) in [6, 6.07) is 8.23. The van der Waals surface area contributed by atoms with E-state index in [2.05, 4.69) is 44.0 Å². The number of benzene rings is 1. The molecule has 0 heterocycles.